The summed E-state index contributed by atoms with van der Waals surface area (Å²) in [6.07, 6.45) is 0. The molecule has 0 radical (unpaired) electrons. The number of anilines is 2. The Morgan fingerprint density at radius 1 is 1.24 bits per heavy atom. The normalized spacial score (nSPS) is 11.1. The zero-order valence-electron chi connectivity index (χ0n) is 11.3. The predicted octanol–water partition coefficient (Wildman–Crippen LogP) is 2.61. The van der Waals surface area contributed by atoms with Crippen LogP contribution in [0.3, 0.4) is 0 Å². The van der Waals surface area contributed by atoms with Gasteiger partial charge in [0.15, 0.2) is 0 Å². The van der Waals surface area contributed by atoms with Crippen LogP contribution in [-0.4, -0.2) is 15.0 Å². The highest BCUT2D eigenvalue weighted by Crippen LogP contribution is 2.27. The lowest BCUT2D eigenvalue weighted by molar-refractivity contribution is 0.342. The van der Waals surface area contributed by atoms with Crippen LogP contribution in [0.25, 0.3) is 0 Å². The van der Waals surface area contributed by atoms with Crippen molar-refractivity contribution in [2.45, 2.75) is 11.8 Å². The molecule has 2 rings (SSSR count). The first kappa shape index (κ1) is 15.1. The number of ether oxygens (including phenoxy) is 1. The molecule has 21 heavy (non-hydrogen) atoms. The molecule has 0 aliphatic rings. The summed E-state index contributed by atoms with van der Waals surface area (Å²) in [5.74, 6) is -0.248. The minimum atomic E-state index is -3.87. The molecule has 0 atom stereocenters. The molecule has 2 aromatic carbocycles. The lowest BCUT2D eigenvalue weighted by Crippen LogP contribution is -2.14. The number of nitrogens with two attached hydrogens (primary N) is 1. The molecule has 5 nitrogen and oxygen atoms in total. The van der Waals surface area contributed by atoms with E-state index in [1.165, 1.54) is 0 Å². The molecule has 3 N–H and O–H groups in total. The maximum atomic E-state index is 13.1. The summed E-state index contributed by atoms with van der Waals surface area (Å²) in [4.78, 5) is -0.118. The number of halogens is 1. The standard InChI is InChI=1S/C14H15FN2O3S/c1-2-20-14-6-4-3-5-13(14)17-21(18,19)10-7-8-11(15)12(16)9-10/h3-9,17H,2,16H2,1H3. The van der Waals surface area contributed by atoms with Gasteiger partial charge in [0.2, 0.25) is 0 Å². The van der Waals surface area contributed by atoms with Crippen molar-refractivity contribution in [1.82, 2.24) is 0 Å². The number of nitrogens with one attached hydrogen (secondary N) is 1. The van der Waals surface area contributed by atoms with Crippen LogP contribution >= 0.6 is 0 Å². The van der Waals surface area contributed by atoms with Crippen LogP contribution in [0.15, 0.2) is 47.4 Å². The van der Waals surface area contributed by atoms with E-state index < -0.39 is 15.8 Å². The van der Waals surface area contributed by atoms with E-state index in [4.69, 9.17) is 10.5 Å². The fourth-order valence-corrected chi connectivity index (χ4v) is 2.83. The van der Waals surface area contributed by atoms with Crippen molar-refractivity contribution in [1.29, 1.82) is 0 Å². The molecule has 0 aliphatic carbocycles. The molecule has 0 heterocycles. The fraction of sp³-hybridized carbons (Fsp3) is 0.143. The lowest BCUT2D eigenvalue weighted by atomic mass is 10.3. The van der Waals surface area contributed by atoms with Crippen molar-refractivity contribution in [3.8, 4) is 5.75 Å². The summed E-state index contributed by atoms with van der Waals surface area (Å²) in [5.41, 5.74) is 5.48. The first-order chi connectivity index (χ1) is 9.94. The average molecular weight is 310 g/mol. The Hall–Kier alpha value is -2.28. The summed E-state index contributed by atoms with van der Waals surface area (Å²) >= 11 is 0. The number of para-hydroxylation sites is 2. The third-order valence-electron chi connectivity index (χ3n) is 2.71. The van der Waals surface area contributed by atoms with E-state index in [0.717, 1.165) is 18.2 Å². The number of nitrogen functional groups attached to an aromatic ring is 1. The second-order valence-electron chi connectivity index (χ2n) is 4.22. The predicted molar refractivity (Wildman–Crippen MR) is 79.2 cm³/mol. The molecule has 0 saturated carbocycles. The minimum absolute atomic E-state index is 0.118. The number of rotatable bonds is 5. The number of hydrogen-bond acceptors (Lipinski definition) is 4. The van der Waals surface area contributed by atoms with Crippen LogP contribution in [0.4, 0.5) is 15.8 Å². The number of hydrogen-bond donors (Lipinski definition) is 2. The summed E-state index contributed by atoms with van der Waals surface area (Å²) < 4.78 is 45.4. The van der Waals surface area contributed by atoms with Crippen molar-refractivity contribution in [2.75, 3.05) is 17.1 Å². The van der Waals surface area contributed by atoms with Crippen molar-refractivity contribution >= 4 is 21.4 Å². The number of benzene rings is 2. The Morgan fingerprint density at radius 2 is 1.95 bits per heavy atom. The second kappa shape index (κ2) is 6.01. The third kappa shape index (κ3) is 3.43. The Bertz CT molecular complexity index is 748. The van der Waals surface area contributed by atoms with E-state index in [1.54, 1.807) is 31.2 Å². The monoisotopic (exact) mass is 310 g/mol. The molecule has 0 amide bonds. The van der Waals surface area contributed by atoms with Gasteiger partial charge in [-0.3, -0.25) is 4.72 Å². The van der Waals surface area contributed by atoms with E-state index >= 15 is 0 Å². The molecule has 0 spiro atoms. The highest BCUT2D eigenvalue weighted by atomic mass is 32.2. The first-order valence-corrected chi connectivity index (χ1v) is 7.72. The van der Waals surface area contributed by atoms with Gasteiger partial charge >= 0.3 is 0 Å². The molecular weight excluding hydrogens is 295 g/mol. The fourth-order valence-electron chi connectivity index (χ4n) is 1.73. The molecule has 0 aromatic heterocycles. The molecule has 0 bridgehead atoms. The van der Waals surface area contributed by atoms with Gasteiger partial charge in [0.25, 0.3) is 10.0 Å². The Morgan fingerprint density at radius 3 is 2.62 bits per heavy atom. The van der Waals surface area contributed by atoms with Crippen LogP contribution in [-0.2, 0) is 10.0 Å². The molecule has 112 valence electrons. The van der Waals surface area contributed by atoms with E-state index in [0.29, 0.717) is 18.0 Å². The smallest absolute Gasteiger partial charge is 0.262 e. The maximum Gasteiger partial charge on any atom is 0.262 e. The topological polar surface area (TPSA) is 81.4 Å². The Balaban J connectivity index is 2.35. The first-order valence-electron chi connectivity index (χ1n) is 6.23. The minimum Gasteiger partial charge on any atom is -0.492 e. The van der Waals surface area contributed by atoms with Gasteiger partial charge in [0, 0.05) is 0 Å². The summed E-state index contributed by atoms with van der Waals surface area (Å²) in [6.45, 7) is 2.20. The summed E-state index contributed by atoms with van der Waals surface area (Å²) in [5, 5.41) is 0. The molecule has 0 saturated heterocycles. The molecule has 2 aromatic rings. The van der Waals surface area contributed by atoms with Gasteiger partial charge in [0.1, 0.15) is 11.6 Å². The van der Waals surface area contributed by atoms with Gasteiger partial charge < -0.3 is 10.5 Å². The van der Waals surface area contributed by atoms with Crippen LogP contribution in [0.2, 0.25) is 0 Å². The quantitative estimate of drug-likeness (QED) is 0.832. The van der Waals surface area contributed by atoms with Crippen molar-refractivity contribution < 1.29 is 17.5 Å². The Kier molecular flexibility index (Phi) is 4.32. The zero-order chi connectivity index (χ0) is 15.5. The molecule has 0 unspecified atom stereocenters. The lowest BCUT2D eigenvalue weighted by Gasteiger charge is -2.13. The van der Waals surface area contributed by atoms with Crippen molar-refractivity contribution in [2.24, 2.45) is 0 Å². The molecule has 0 aliphatic heterocycles. The van der Waals surface area contributed by atoms with Crippen molar-refractivity contribution in [3.05, 3.63) is 48.3 Å². The summed E-state index contributed by atoms with van der Waals surface area (Å²) in [7, 11) is -3.87. The van der Waals surface area contributed by atoms with E-state index in [2.05, 4.69) is 4.72 Å². The van der Waals surface area contributed by atoms with Crippen LogP contribution in [0, 0.1) is 5.82 Å². The van der Waals surface area contributed by atoms with Gasteiger partial charge in [-0.15, -0.1) is 0 Å². The highest BCUT2D eigenvalue weighted by Gasteiger charge is 2.17. The van der Waals surface area contributed by atoms with Crippen LogP contribution in [0.1, 0.15) is 6.92 Å². The van der Waals surface area contributed by atoms with Gasteiger partial charge in [-0.1, -0.05) is 12.1 Å². The molecule has 7 heteroatoms. The third-order valence-corrected chi connectivity index (χ3v) is 4.07. The Labute approximate surface area is 122 Å². The maximum absolute atomic E-state index is 13.1. The SMILES string of the molecule is CCOc1ccccc1NS(=O)(=O)c1ccc(F)c(N)c1. The zero-order valence-corrected chi connectivity index (χ0v) is 12.2. The molecular formula is C14H15FN2O3S. The van der Waals surface area contributed by atoms with Crippen LogP contribution in [0.5, 0.6) is 5.75 Å². The van der Waals surface area contributed by atoms with Gasteiger partial charge in [0.05, 0.1) is 22.9 Å². The summed E-state index contributed by atoms with van der Waals surface area (Å²) in [6, 6.07) is 9.88. The number of sulfonamides is 1. The second-order valence-corrected chi connectivity index (χ2v) is 5.90. The van der Waals surface area contributed by atoms with Crippen molar-refractivity contribution in [3.63, 3.8) is 0 Å². The van der Waals surface area contributed by atoms with Gasteiger partial charge in [-0.05, 0) is 37.3 Å². The highest BCUT2D eigenvalue weighted by molar-refractivity contribution is 7.92. The van der Waals surface area contributed by atoms with E-state index in [9.17, 15) is 12.8 Å². The average Bonchev–Trinajstić information content (AvgIpc) is 2.44. The van der Waals surface area contributed by atoms with Crippen LogP contribution < -0.4 is 15.2 Å². The molecule has 0 fully saturated rings. The largest absolute Gasteiger partial charge is 0.492 e. The van der Waals surface area contributed by atoms with E-state index in [1.807, 2.05) is 0 Å². The van der Waals surface area contributed by atoms with E-state index in [-0.39, 0.29) is 10.6 Å². The van der Waals surface area contributed by atoms with Gasteiger partial charge in [-0.2, -0.15) is 0 Å². The van der Waals surface area contributed by atoms with Gasteiger partial charge in [-0.25, -0.2) is 12.8 Å².